The number of nitrogens with one attached hydrogen (secondary N) is 2. The number of ketones is 1. The van der Waals surface area contributed by atoms with Crippen molar-refractivity contribution in [1.82, 2.24) is 10.3 Å². The lowest BCUT2D eigenvalue weighted by atomic mass is 9.94. The van der Waals surface area contributed by atoms with Gasteiger partial charge in [-0.15, -0.1) is 0 Å². The Hall–Kier alpha value is -3.54. The third kappa shape index (κ3) is 4.48. The number of carbonyl (C=O) groups is 2. The Morgan fingerprint density at radius 3 is 2.61 bits per heavy atom. The maximum Gasteiger partial charge on any atom is 0.268 e. The average molecular weight is 418 g/mol. The van der Waals surface area contributed by atoms with E-state index in [1.165, 1.54) is 0 Å². The molecular weight excluding hydrogens is 392 g/mol. The van der Waals surface area contributed by atoms with Crippen molar-refractivity contribution in [3.63, 3.8) is 0 Å². The molecule has 1 aromatic heterocycles. The van der Waals surface area contributed by atoms with Crippen molar-refractivity contribution < 1.29 is 19.1 Å². The Labute approximate surface area is 181 Å². The number of rotatable bonds is 7. The molecule has 3 aromatic rings. The van der Waals surface area contributed by atoms with Gasteiger partial charge in [-0.3, -0.25) is 9.59 Å². The van der Waals surface area contributed by atoms with Gasteiger partial charge in [-0.05, 0) is 48.6 Å². The van der Waals surface area contributed by atoms with Crippen LogP contribution in [0, 0.1) is 6.92 Å². The van der Waals surface area contributed by atoms with Crippen LogP contribution in [0.5, 0.6) is 11.5 Å². The number of H-pyrrole nitrogens is 1. The molecule has 1 amide bonds. The molecule has 2 aromatic carbocycles. The quantitative estimate of drug-likeness (QED) is 0.597. The van der Waals surface area contributed by atoms with Crippen molar-refractivity contribution in [2.45, 2.75) is 39.3 Å². The second kappa shape index (κ2) is 9.08. The highest BCUT2D eigenvalue weighted by Gasteiger charge is 2.26. The lowest BCUT2D eigenvalue weighted by Gasteiger charge is -2.13. The maximum atomic E-state index is 12.7. The molecule has 0 unspecified atom stereocenters. The smallest absolute Gasteiger partial charge is 0.268 e. The maximum absolute atomic E-state index is 12.7. The number of aromatic amines is 1. The molecule has 6 heteroatoms. The van der Waals surface area contributed by atoms with E-state index < -0.39 is 0 Å². The number of ether oxygens (including phenoxy) is 2. The number of carbonyl (C=O) groups excluding carboxylic acids is 2. The summed E-state index contributed by atoms with van der Waals surface area (Å²) >= 11 is 0. The summed E-state index contributed by atoms with van der Waals surface area (Å²) in [4.78, 5) is 28.1. The molecule has 0 fully saturated rings. The first-order valence-electron chi connectivity index (χ1n) is 10.4. The number of aryl methyl sites for hydroxylation is 1. The Morgan fingerprint density at radius 1 is 1.06 bits per heavy atom. The van der Waals surface area contributed by atoms with Crippen molar-refractivity contribution >= 4 is 11.7 Å². The van der Waals surface area contributed by atoms with Crippen molar-refractivity contribution in [3.05, 3.63) is 82.2 Å². The lowest BCUT2D eigenvalue weighted by molar-refractivity contribution is 0.0944. The number of hydrogen-bond donors (Lipinski definition) is 2. The largest absolute Gasteiger partial charge is 0.493 e. The van der Waals surface area contributed by atoms with Crippen molar-refractivity contribution in [2.75, 3.05) is 7.11 Å². The minimum atomic E-state index is -0.219. The molecule has 1 heterocycles. The number of benzene rings is 2. The number of Topliss-reactive ketones (excluding diaryl/α,β-unsaturated/α-hetero) is 1. The molecule has 6 nitrogen and oxygen atoms in total. The standard InChI is InChI=1S/C25H26N2O4/c1-16-23-19(9-6-10-20(23)28)27-24(16)25(29)26-14-18-11-12-21(22(13-18)30-2)31-15-17-7-4-3-5-8-17/h3-5,7-8,11-13,27H,6,9-10,14-15H2,1-2H3,(H,26,29). The van der Waals surface area contributed by atoms with E-state index in [2.05, 4.69) is 10.3 Å². The molecule has 1 aliphatic carbocycles. The van der Waals surface area contributed by atoms with Crippen LogP contribution < -0.4 is 14.8 Å². The first-order valence-corrected chi connectivity index (χ1v) is 10.4. The van der Waals surface area contributed by atoms with Crippen molar-refractivity contribution in [3.8, 4) is 11.5 Å². The summed E-state index contributed by atoms with van der Waals surface area (Å²) in [7, 11) is 1.59. The third-order valence-corrected chi connectivity index (χ3v) is 5.58. The van der Waals surface area contributed by atoms with Gasteiger partial charge < -0.3 is 19.8 Å². The molecule has 0 saturated carbocycles. The number of fused-ring (bicyclic) bond motifs is 1. The number of methoxy groups -OCH3 is 1. The lowest BCUT2D eigenvalue weighted by Crippen LogP contribution is -2.24. The summed E-state index contributed by atoms with van der Waals surface area (Å²) in [5.41, 5.74) is 4.73. The predicted octanol–water partition coefficient (Wildman–Crippen LogP) is 4.36. The fourth-order valence-electron chi connectivity index (χ4n) is 3.95. The van der Waals surface area contributed by atoms with Crippen LogP contribution in [0.15, 0.2) is 48.5 Å². The van der Waals surface area contributed by atoms with Gasteiger partial charge >= 0.3 is 0 Å². The van der Waals surface area contributed by atoms with Crippen LogP contribution >= 0.6 is 0 Å². The summed E-state index contributed by atoms with van der Waals surface area (Å²) < 4.78 is 11.4. The highest BCUT2D eigenvalue weighted by Crippen LogP contribution is 2.29. The Bertz CT molecular complexity index is 1100. The van der Waals surface area contributed by atoms with Gasteiger partial charge in [-0.2, -0.15) is 0 Å². The van der Waals surface area contributed by atoms with E-state index in [1.54, 1.807) is 7.11 Å². The third-order valence-electron chi connectivity index (χ3n) is 5.58. The SMILES string of the molecule is COc1cc(CNC(=O)c2[nH]c3c(c2C)C(=O)CCC3)ccc1OCc1ccccc1. The van der Waals surface area contributed by atoms with Gasteiger partial charge in [0, 0.05) is 24.2 Å². The molecular formula is C25H26N2O4. The molecule has 0 saturated heterocycles. The van der Waals surface area contributed by atoms with Crippen molar-refractivity contribution in [1.29, 1.82) is 0 Å². The van der Waals surface area contributed by atoms with Crippen LogP contribution in [0.4, 0.5) is 0 Å². The van der Waals surface area contributed by atoms with Crippen LogP contribution in [0.25, 0.3) is 0 Å². The van der Waals surface area contributed by atoms with Crippen LogP contribution in [0.2, 0.25) is 0 Å². The van der Waals surface area contributed by atoms with Crippen molar-refractivity contribution in [2.24, 2.45) is 0 Å². The summed E-state index contributed by atoms with van der Waals surface area (Å²) in [6.07, 6.45) is 2.17. The topological polar surface area (TPSA) is 80.4 Å². The van der Waals surface area contributed by atoms with Gasteiger partial charge in [0.25, 0.3) is 5.91 Å². The second-order valence-corrected chi connectivity index (χ2v) is 7.70. The van der Waals surface area contributed by atoms with Crippen LogP contribution in [-0.2, 0) is 19.6 Å². The van der Waals surface area contributed by atoms with Crippen LogP contribution in [-0.4, -0.2) is 23.8 Å². The van der Waals surface area contributed by atoms with Gasteiger partial charge in [0.2, 0.25) is 0 Å². The highest BCUT2D eigenvalue weighted by molar-refractivity contribution is 6.04. The Morgan fingerprint density at radius 2 is 1.87 bits per heavy atom. The van der Waals surface area contributed by atoms with E-state index in [-0.39, 0.29) is 11.7 Å². The van der Waals surface area contributed by atoms with Crippen LogP contribution in [0.3, 0.4) is 0 Å². The number of hydrogen-bond acceptors (Lipinski definition) is 4. The van der Waals surface area contributed by atoms with Crippen LogP contribution in [0.1, 0.15) is 56.1 Å². The molecule has 160 valence electrons. The van der Waals surface area contributed by atoms with E-state index in [9.17, 15) is 9.59 Å². The summed E-state index contributed by atoms with van der Waals surface area (Å²) in [5, 5.41) is 2.93. The molecule has 1 aliphatic rings. The summed E-state index contributed by atoms with van der Waals surface area (Å²) in [6, 6.07) is 15.5. The zero-order chi connectivity index (χ0) is 21.8. The predicted molar refractivity (Wildman–Crippen MR) is 118 cm³/mol. The van der Waals surface area contributed by atoms with E-state index in [0.717, 1.165) is 35.2 Å². The molecule has 0 spiro atoms. The van der Waals surface area contributed by atoms with E-state index in [0.29, 0.717) is 42.3 Å². The first kappa shape index (κ1) is 20.7. The molecule has 0 aliphatic heterocycles. The molecule has 2 N–H and O–H groups in total. The van der Waals surface area contributed by atoms with Gasteiger partial charge in [0.15, 0.2) is 17.3 Å². The Balaban J connectivity index is 1.42. The zero-order valence-corrected chi connectivity index (χ0v) is 17.8. The highest BCUT2D eigenvalue weighted by atomic mass is 16.5. The van der Waals surface area contributed by atoms with Gasteiger partial charge in [-0.25, -0.2) is 0 Å². The molecule has 0 radical (unpaired) electrons. The summed E-state index contributed by atoms with van der Waals surface area (Å²) in [6.45, 7) is 2.61. The van der Waals surface area contributed by atoms with Gasteiger partial charge in [-0.1, -0.05) is 36.4 Å². The average Bonchev–Trinajstić information content (AvgIpc) is 3.14. The molecule has 0 bridgehead atoms. The normalized spacial score (nSPS) is 12.9. The van der Waals surface area contributed by atoms with E-state index in [1.807, 2.05) is 55.5 Å². The minimum Gasteiger partial charge on any atom is -0.493 e. The molecule has 0 atom stereocenters. The Kier molecular flexibility index (Phi) is 6.07. The fourth-order valence-corrected chi connectivity index (χ4v) is 3.95. The van der Waals surface area contributed by atoms with E-state index in [4.69, 9.17) is 9.47 Å². The molecule has 4 rings (SSSR count). The summed E-state index contributed by atoms with van der Waals surface area (Å²) in [5.74, 6) is 1.15. The van der Waals surface area contributed by atoms with Gasteiger partial charge in [0.1, 0.15) is 12.3 Å². The fraction of sp³-hybridized carbons (Fsp3) is 0.280. The van der Waals surface area contributed by atoms with E-state index >= 15 is 0 Å². The monoisotopic (exact) mass is 418 g/mol. The second-order valence-electron chi connectivity index (χ2n) is 7.70. The minimum absolute atomic E-state index is 0.116. The van der Waals surface area contributed by atoms with Gasteiger partial charge in [0.05, 0.1) is 7.11 Å². The molecule has 31 heavy (non-hydrogen) atoms. The number of aromatic nitrogens is 1. The zero-order valence-electron chi connectivity index (χ0n) is 17.8. The first-order chi connectivity index (χ1) is 15.1. The number of amides is 1.